The third-order valence-corrected chi connectivity index (χ3v) is 5.05. The van der Waals surface area contributed by atoms with Gasteiger partial charge in [0.15, 0.2) is 11.5 Å². The van der Waals surface area contributed by atoms with Crippen LogP contribution < -0.4 is 9.47 Å². The number of benzene rings is 1. The lowest BCUT2D eigenvalue weighted by Crippen LogP contribution is -2.45. The molecule has 2 rings (SSSR count). The second kappa shape index (κ2) is 6.68. The number of hydrogen-bond acceptors (Lipinski definition) is 5. The Morgan fingerprint density at radius 2 is 1.75 bits per heavy atom. The van der Waals surface area contributed by atoms with Crippen molar-refractivity contribution in [2.45, 2.75) is 13.3 Å². The summed E-state index contributed by atoms with van der Waals surface area (Å²) in [4.78, 5) is 26.2. The summed E-state index contributed by atoms with van der Waals surface area (Å²) in [7, 11) is 6.25. The Balaban J connectivity index is 2.45. The zero-order valence-corrected chi connectivity index (χ0v) is 15.2. The molecule has 1 heterocycles. The molecule has 0 fully saturated rings. The number of aliphatic carboxylic acids is 1. The zero-order valence-electron chi connectivity index (χ0n) is 14.4. The van der Waals surface area contributed by atoms with Crippen molar-refractivity contribution < 1.29 is 24.2 Å². The van der Waals surface area contributed by atoms with Crippen LogP contribution in [0.25, 0.3) is 10.1 Å². The van der Waals surface area contributed by atoms with Gasteiger partial charge in [0.25, 0.3) is 0 Å². The number of amides is 1. The summed E-state index contributed by atoms with van der Waals surface area (Å²) in [6.45, 7) is 1.46. The van der Waals surface area contributed by atoms with Crippen LogP contribution in [0, 0.1) is 5.41 Å². The average molecular weight is 351 g/mol. The van der Waals surface area contributed by atoms with E-state index in [0.29, 0.717) is 11.5 Å². The van der Waals surface area contributed by atoms with Crippen molar-refractivity contribution in [2.75, 3.05) is 28.3 Å². The maximum Gasteiger partial charge on any atom is 0.319 e. The molecule has 0 bridgehead atoms. The van der Waals surface area contributed by atoms with Gasteiger partial charge in [-0.1, -0.05) is 0 Å². The van der Waals surface area contributed by atoms with Crippen LogP contribution in [0.1, 0.15) is 11.8 Å². The average Bonchev–Trinajstić information content (AvgIpc) is 2.92. The fraction of sp³-hybridized carbons (Fsp3) is 0.412. The number of hydrogen-bond donors (Lipinski definition) is 1. The van der Waals surface area contributed by atoms with E-state index >= 15 is 0 Å². The number of methoxy groups -OCH3 is 2. The van der Waals surface area contributed by atoms with Gasteiger partial charge < -0.3 is 19.5 Å². The topological polar surface area (TPSA) is 76.1 Å². The van der Waals surface area contributed by atoms with Crippen molar-refractivity contribution in [1.82, 2.24) is 4.90 Å². The van der Waals surface area contributed by atoms with Crippen molar-refractivity contribution in [3.63, 3.8) is 0 Å². The number of fused-ring (bicyclic) bond motifs is 1. The smallest absolute Gasteiger partial charge is 0.319 e. The maximum atomic E-state index is 12.3. The molecule has 0 radical (unpaired) electrons. The molecule has 6 nitrogen and oxygen atoms in total. The minimum absolute atomic E-state index is 0.128. The Labute approximate surface area is 144 Å². The molecule has 1 aromatic heterocycles. The molecule has 1 unspecified atom stereocenters. The lowest BCUT2D eigenvalue weighted by molar-refractivity contribution is -0.158. The first-order valence-electron chi connectivity index (χ1n) is 7.32. The van der Waals surface area contributed by atoms with E-state index in [2.05, 4.69) is 0 Å². The van der Waals surface area contributed by atoms with Crippen molar-refractivity contribution in [3.8, 4) is 11.5 Å². The van der Waals surface area contributed by atoms with Gasteiger partial charge in [0.2, 0.25) is 5.91 Å². The van der Waals surface area contributed by atoms with Crippen molar-refractivity contribution in [1.29, 1.82) is 0 Å². The molecule has 0 saturated carbocycles. The minimum Gasteiger partial charge on any atom is -0.493 e. The van der Waals surface area contributed by atoms with Crippen molar-refractivity contribution in [3.05, 3.63) is 23.1 Å². The molecule has 24 heavy (non-hydrogen) atoms. The van der Waals surface area contributed by atoms with Crippen molar-refractivity contribution >= 4 is 33.3 Å². The molecule has 2 aromatic rings. The number of carboxylic acid groups (broad SMARTS) is 1. The van der Waals surface area contributed by atoms with E-state index in [1.807, 2.05) is 18.2 Å². The molecule has 1 amide bonds. The summed E-state index contributed by atoms with van der Waals surface area (Å²) in [5, 5.41) is 10.5. The van der Waals surface area contributed by atoms with Gasteiger partial charge in [0, 0.05) is 36.2 Å². The van der Waals surface area contributed by atoms with Crippen molar-refractivity contribution in [2.24, 2.45) is 5.41 Å². The minimum atomic E-state index is -1.50. The molecule has 0 aliphatic carbocycles. The second-order valence-electron chi connectivity index (χ2n) is 5.97. The Kier molecular flexibility index (Phi) is 5.03. The first-order valence-corrected chi connectivity index (χ1v) is 8.14. The quantitative estimate of drug-likeness (QED) is 0.810. The number of thiophene rings is 1. The molecule has 0 aliphatic heterocycles. The third-order valence-electron chi connectivity index (χ3n) is 3.95. The molecule has 1 aromatic carbocycles. The summed E-state index contributed by atoms with van der Waals surface area (Å²) in [6, 6.07) is 5.60. The normalized spacial score (nSPS) is 13.4. The summed E-state index contributed by atoms with van der Waals surface area (Å²) in [6.07, 6.45) is 0.128. The SMILES string of the molecule is COc1cc2cc(CC(C)(C(=O)O)C(=O)N(C)C)sc2cc1OC. The predicted octanol–water partition coefficient (Wildman–Crippen LogP) is 2.64. The Morgan fingerprint density at radius 1 is 1.17 bits per heavy atom. The van der Waals surface area contributed by atoms with E-state index in [-0.39, 0.29) is 6.42 Å². The lowest BCUT2D eigenvalue weighted by atomic mass is 9.84. The van der Waals surface area contributed by atoms with Crippen LogP contribution in [0.2, 0.25) is 0 Å². The highest BCUT2D eigenvalue weighted by atomic mass is 32.1. The molecular formula is C17H21NO5S. The van der Waals surface area contributed by atoms with Gasteiger partial charge in [-0.15, -0.1) is 11.3 Å². The molecule has 7 heteroatoms. The van der Waals surface area contributed by atoms with E-state index in [1.54, 1.807) is 28.3 Å². The van der Waals surface area contributed by atoms with Gasteiger partial charge in [-0.3, -0.25) is 9.59 Å². The van der Waals surface area contributed by atoms with E-state index in [4.69, 9.17) is 9.47 Å². The van der Waals surface area contributed by atoms with E-state index in [9.17, 15) is 14.7 Å². The van der Waals surface area contributed by atoms with Crippen LogP contribution in [0.15, 0.2) is 18.2 Å². The number of carboxylic acids is 1. The molecule has 1 atom stereocenters. The number of carbonyl (C=O) groups excluding carboxylic acids is 1. The van der Waals surface area contributed by atoms with Crippen LogP contribution in [0.3, 0.4) is 0 Å². The highest BCUT2D eigenvalue weighted by Crippen LogP contribution is 2.38. The van der Waals surface area contributed by atoms with Crippen LogP contribution >= 0.6 is 11.3 Å². The van der Waals surface area contributed by atoms with Gasteiger partial charge >= 0.3 is 5.97 Å². The molecule has 130 valence electrons. The largest absolute Gasteiger partial charge is 0.493 e. The highest BCUT2D eigenvalue weighted by Gasteiger charge is 2.42. The predicted molar refractivity (Wildman–Crippen MR) is 93.1 cm³/mol. The number of nitrogens with zero attached hydrogens (tertiary/aromatic N) is 1. The summed E-state index contributed by atoms with van der Waals surface area (Å²) >= 11 is 1.45. The van der Waals surface area contributed by atoms with E-state index in [0.717, 1.165) is 15.0 Å². The Morgan fingerprint density at radius 3 is 2.25 bits per heavy atom. The summed E-state index contributed by atoms with van der Waals surface area (Å²) in [5.74, 6) is -0.333. The number of carbonyl (C=O) groups is 2. The Hall–Kier alpha value is -2.28. The molecule has 0 saturated heterocycles. The molecular weight excluding hydrogens is 330 g/mol. The van der Waals surface area contributed by atoms with Crippen LogP contribution in [-0.2, 0) is 16.0 Å². The van der Waals surface area contributed by atoms with E-state index < -0.39 is 17.3 Å². The maximum absolute atomic E-state index is 12.3. The summed E-state index contributed by atoms with van der Waals surface area (Å²) in [5.41, 5.74) is -1.50. The lowest BCUT2D eigenvalue weighted by Gasteiger charge is -2.26. The van der Waals surface area contributed by atoms with Gasteiger partial charge in [0.1, 0.15) is 5.41 Å². The van der Waals surface area contributed by atoms with Gasteiger partial charge in [0.05, 0.1) is 14.2 Å². The van der Waals surface area contributed by atoms with E-state index in [1.165, 1.54) is 23.2 Å². The second-order valence-corrected chi connectivity index (χ2v) is 7.14. The molecule has 0 spiro atoms. The van der Waals surface area contributed by atoms with Crippen LogP contribution in [-0.4, -0.2) is 50.2 Å². The van der Waals surface area contributed by atoms with Gasteiger partial charge in [-0.2, -0.15) is 0 Å². The fourth-order valence-corrected chi connectivity index (χ4v) is 3.82. The first-order chi connectivity index (χ1) is 11.2. The monoisotopic (exact) mass is 351 g/mol. The number of rotatable bonds is 6. The van der Waals surface area contributed by atoms with Gasteiger partial charge in [-0.05, 0) is 24.4 Å². The fourth-order valence-electron chi connectivity index (χ4n) is 2.59. The molecule has 0 aliphatic rings. The number of ether oxygens (including phenoxy) is 2. The Bertz CT molecular complexity index is 742. The van der Waals surface area contributed by atoms with Crippen LogP contribution in [0.5, 0.6) is 11.5 Å². The molecule has 1 N–H and O–H groups in total. The standard InChI is InChI=1S/C17H21NO5S/c1-17(16(20)21,15(19)18(2)3)9-11-6-10-7-12(22-4)13(23-5)8-14(10)24-11/h6-8H,9H2,1-5H3,(H,20,21). The van der Waals surface area contributed by atoms with Crippen LogP contribution in [0.4, 0.5) is 0 Å². The third kappa shape index (κ3) is 3.17. The zero-order chi connectivity index (χ0) is 18.1. The highest BCUT2D eigenvalue weighted by molar-refractivity contribution is 7.19. The first kappa shape index (κ1) is 18.1. The van der Waals surface area contributed by atoms with Gasteiger partial charge in [-0.25, -0.2) is 0 Å². The summed E-state index contributed by atoms with van der Waals surface area (Å²) < 4.78 is 11.5.